The van der Waals surface area contributed by atoms with Crippen molar-refractivity contribution in [3.63, 3.8) is 0 Å². The average molecular weight is 598 g/mol. The Kier molecular flexibility index (Phi) is 11.0. The number of esters is 2. The number of hydrogen-bond acceptors (Lipinski definition) is 10. The van der Waals surface area contributed by atoms with Crippen LogP contribution in [0.25, 0.3) is 0 Å². The zero-order valence-electron chi connectivity index (χ0n) is 25.1. The Morgan fingerprint density at radius 1 is 0.955 bits per heavy atom. The van der Waals surface area contributed by atoms with Gasteiger partial charge in [-0.25, -0.2) is 9.59 Å². The Bertz CT molecular complexity index is 1520. The van der Waals surface area contributed by atoms with Crippen molar-refractivity contribution >= 4 is 23.9 Å². The van der Waals surface area contributed by atoms with Gasteiger partial charge < -0.3 is 23.8 Å². The molecule has 0 radical (unpaired) electrons. The third kappa shape index (κ3) is 7.95. The minimum absolute atomic E-state index is 0.0272. The molecule has 1 heterocycles. The molecule has 1 saturated heterocycles. The molecular weight excluding hydrogens is 562 g/mol. The van der Waals surface area contributed by atoms with E-state index in [1.165, 1.54) is 6.21 Å². The first-order valence-corrected chi connectivity index (χ1v) is 14.1. The van der Waals surface area contributed by atoms with Crippen LogP contribution in [0.3, 0.4) is 0 Å². The number of nitrogens with zero attached hydrogens (tertiary/aromatic N) is 3. The van der Waals surface area contributed by atoms with Crippen LogP contribution in [0.1, 0.15) is 44.3 Å². The highest BCUT2D eigenvalue weighted by Gasteiger charge is 2.59. The summed E-state index contributed by atoms with van der Waals surface area (Å²) in [6.07, 6.45) is -1.79. The molecule has 228 valence electrons. The lowest BCUT2D eigenvalue weighted by atomic mass is 9.89. The van der Waals surface area contributed by atoms with Gasteiger partial charge in [0.2, 0.25) is 0 Å². The van der Waals surface area contributed by atoms with Gasteiger partial charge in [0.15, 0.2) is 18.4 Å². The van der Waals surface area contributed by atoms with Crippen LogP contribution in [0.2, 0.25) is 0 Å². The van der Waals surface area contributed by atoms with Gasteiger partial charge in [-0.05, 0) is 50.6 Å². The number of ether oxygens (including phenoxy) is 4. The summed E-state index contributed by atoms with van der Waals surface area (Å²) in [5.41, 5.74) is 1.89. The Hall–Kier alpha value is -4.85. The van der Waals surface area contributed by atoms with Crippen LogP contribution in [0.4, 0.5) is 0 Å². The molecule has 2 unspecified atom stereocenters. The molecule has 0 saturated carbocycles. The van der Waals surface area contributed by atoms with Crippen molar-refractivity contribution < 1.29 is 33.4 Å². The number of nitriles is 1. The molecule has 10 heteroatoms. The van der Waals surface area contributed by atoms with E-state index in [1.807, 2.05) is 50.2 Å². The van der Waals surface area contributed by atoms with E-state index in [4.69, 9.17) is 23.8 Å². The van der Waals surface area contributed by atoms with Crippen molar-refractivity contribution in [2.75, 3.05) is 20.3 Å². The van der Waals surface area contributed by atoms with Crippen LogP contribution in [-0.4, -0.2) is 68.0 Å². The molecule has 0 aliphatic carbocycles. The normalized spacial score (nSPS) is 21.5. The Morgan fingerprint density at radius 2 is 1.57 bits per heavy atom. The van der Waals surface area contributed by atoms with E-state index in [9.17, 15) is 14.9 Å². The van der Waals surface area contributed by atoms with Crippen LogP contribution in [0.5, 0.6) is 0 Å². The summed E-state index contributed by atoms with van der Waals surface area (Å²) in [7, 11) is 1.59. The fraction of sp³-hybridized carbons (Fsp3) is 0.324. The summed E-state index contributed by atoms with van der Waals surface area (Å²) in [5.74, 6) is -1.21. The van der Waals surface area contributed by atoms with E-state index in [0.717, 1.165) is 16.7 Å². The highest BCUT2D eigenvalue weighted by molar-refractivity contribution is 6.03. The standard InChI is InChI=1S/C34H35N3O7/c1-23-10-14-26(15-11-23)32(38)40-22-29-31(44-33(39)27-16-12-24(2)13-17-27)34(3,41-21-25-8-6-5-7-9-25)30(43-29)28(20-35)37-42-19-18-36-4/h5-18,29-31H,19,21-22H2,1-4H3/b36-18?,37-28+/t29?,30?,31-,34+/m1/s1. The molecule has 0 aromatic heterocycles. The predicted molar refractivity (Wildman–Crippen MR) is 164 cm³/mol. The first-order chi connectivity index (χ1) is 21.2. The monoisotopic (exact) mass is 597 g/mol. The average Bonchev–Trinajstić information content (AvgIpc) is 3.30. The number of carbonyl (C=O) groups excluding carboxylic acids is 2. The minimum atomic E-state index is -1.45. The number of carbonyl (C=O) groups is 2. The quantitative estimate of drug-likeness (QED) is 0.123. The van der Waals surface area contributed by atoms with Gasteiger partial charge in [-0.1, -0.05) is 70.9 Å². The molecule has 4 rings (SSSR count). The van der Waals surface area contributed by atoms with Crippen molar-refractivity contribution in [3.8, 4) is 6.07 Å². The number of oxime groups is 1. The molecular formula is C34H35N3O7. The van der Waals surface area contributed by atoms with Crippen molar-refractivity contribution in [2.24, 2.45) is 10.1 Å². The fourth-order valence-electron chi connectivity index (χ4n) is 4.67. The van der Waals surface area contributed by atoms with Crippen molar-refractivity contribution in [1.82, 2.24) is 0 Å². The Balaban J connectivity index is 1.68. The van der Waals surface area contributed by atoms with Crippen molar-refractivity contribution in [3.05, 3.63) is 107 Å². The maximum Gasteiger partial charge on any atom is 0.338 e. The van der Waals surface area contributed by atoms with Crippen LogP contribution in [0, 0.1) is 25.2 Å². The number of rotatable bonds is 12. The van der Waals surface area contributed by atoms with E-state index < -0.39 is 35.9 Å². The van der Waals surface area contributed by atoms with Gasteiger partial charge in [0.1, 0.15) is 30.5 Å². The second-order valence-corrected chi connectivity index (χ2v) is 10.5. The summed E-state index contributed by atoms with van der Waals surface area (Å²) < 4.78 is 24.5. The molecule has 10 nitrogen and oxygen atoms in total. The molecule has 0 spiro atoms. The van der Waals surface area contributed by atoms with Gasteiger partial charge >= 0.3 is 11.9 Å². The lowest BCUT2D eigenvalue weighted by Gasteiger charge is -2.34. The molecule has 3 aromatic carbocycles. The zero-order valence-corrected chi connectivity index (χ0v) is 25.1. The zero-order chi connectivity index (χ0) is 31.5. The lowest BCUT2D eigenvalue weighted by molar-refractivity contribution is -0.115. The summed E-state index contributed by atoms with van der Waals surface area (Å²) >= 11 is 0. The van der Waals surface area contributed by atoms with Crippen LogP contribution < -0.4 is 0 Å². The van der Waals surface area contributed by atoms with E-state index in [-0.39, 0.29) is 25.5 Å². The van der Waals surface area contributed by atoms with E-state index in [1.54, 1.807) is 62.5 Å². The van der Waals surface area contributed by atoms with Gasteiger partial charge in [-0.2, -0.15) is 5.26 Å². The lowest BCUT2D eigenvalue weighted by Crippen LogP contribution is -2.52. The van der Waals surface area contributed by atoms with Gasteiger partial charge in [0, 0.05) is 13.3 Å². The Labute approximate surface area is 256 Å². The smallest absolute Gasteiger partial charge is 0.338 e. The summed E-state index contributed by atoms with van der Waals surface area (Å²) in [5, 5.41) is 14.1. The fourth-order valence-corrected chi connectivity index (χ4v) is 4.67. The second-order valence-electron chi connectivity index (χ2n) is 10.5. The van der Waals surface area contributed by atoms with E-state index >= 15 is 0 Å². The maximum absolute atomic E-state index is 13.4. The van der Waals surface area contributed by atoms with Crippen LogP contribution in [-0.2, 0) is 30.4 Å². The summed E-state index contributed by atoms with van der Waals surface area (Å²) in [6.45, 7) is 5.34. The molecule has 1 aliphatic rings. The van der Waals surface area contributed by atoms with E-state index in [2.05, 4.69) is 10.1 Å². The first-order valence-electron chi connectivity index (χ1n) is 14.1. The highest BCUT2D eigenvalue weighted by Crippen LogP contribution is 2.39. The van der Waals surface area contributed by atoms with Gasteiger partial charge in [0.05, 0.1) is 17.7 Å². The van der Waals surface area contributed by atoms with Crippen molar-refractivity contribution in [2.45, 2.75) is 51.3 Å². The number of hydrogen-bond donors (Lipinski definition) is 0. The number of aryl methyl sites for hydroxylation is 2. The second kappa shape index (κ2) is 15.0. The molecule has 1 aliphatic heterocycles. The first kappa shape index (κ1) is 32.1. The van der Waals surface area contributed by atoms with Gasteiger partial charge in [-0.15, -0.1) is 0 Å². The predicted octanol–water partition coefficient (Wildman–Crippen LogP) is 5.03. The largest absolute Gasteiger partial charge is 0.459 e. The third-order valence-corrected chi connectivity index (χ3v) is 7.17. The number of benzene rings is 3. The Morgan fingerprint density at radius 3 is 2.16 bits per heavy atom. The van der Waals surface area contributed by atoms with Gasteiger partial charge in [-0.3, -0.25) is 4.99 Å². The SMILES string of the molecule is CN=CCO/N=C(\C#N)C1OC(COC(=O)c2ccc(C)cc2)[C@@H](OC(=O)c2ccc(C)cc2)[C@@]1(C)OCc1ccccc1. The third-order valence-electron chi connectivity index (χ3n) is 7.17. The minimum Gasteiger partial charge on any atom is -0.459 e. The topological polar surface area (TPSA) is 129 Å². The molecule has 4 atom stereocenters. The molecule has 3 aromatic rings. The summed E-state index contributed by atoms with van der Waals surface area (Å²) in [4.78, 5) is 35.5. The molecule has 1 fully saturated rings. The molecule has 44 heavy (non-hydrogen) atoms. The highest BCUT2D eigenvalue weighted by atomic mass is 16.7. The van der Waals surface area contributed by atoms with Crippen LogP contribution >= 0.6 is 0 Å². The van der Waals surface area contributed by atoms with Crippen LogP contribution in [0.15, 0.2) is 89.0 Å². The summed E-state index contributed by atoms with van der Waals surface area (Å²) in [6, 6.07) is 25.3. The maximum atomic E-state index is 13.4. The molecule has 0 amide bonds. The number of aliphatic imine (C=N–C) groups is 1. The van der Waals surface area contributed by atoms with Gasteiger partial charge in [0.25, 0.3) is 0 Å². The van der Waals surface area contributed by atoms with E-state index in [0.29, 0.717) is 11.1 Å². The molecule has 0 N–H and O–H groups in total. The van der Waals surface area contributed by atoms with Crippen molar-refractivity contribution in [1.29, 1.82) is 5.26 Å². The molecule has 0 bridgehead atoms.